The summed E-state index contributed by atoms with van der Waals surface area (Å²) in [7, 11) is 0. The molecule has 1 aliphatic carbocycles. The minimum absolute atomic E-state index is 0.218. The summed E-state index contributed by atoms with van der Waals surface area (Å²) in [6.07, 6.45) is 5.57. The van der Waals surface area contributed by atoms with Crippen molar-refractivity contribution in [3.63, 3.8) is 0 Å². The van der Waals surface area contributed by atoms with E-state index in [4.69, 9.17) is 15.0 Å². The summed E-state index contributed by atoms with van der Waals surface area (Å²) < 4.78 is 6.15. The summed E-state index contributed by atoms with van der Waals surface area (Å²) in [4.78, 5) is 15.5. The van der Waals surface area contributed by atoms with Gasteiger partial charge < -0.3 is 4.57 Å². The lowest BCUT2D eigenvalue weighted by molar-refractivity contribution is 0.686. The first-order valence-electron chi connectivity index (χ1n) is 17.4. The molecule has 0 saturated carbocycles. The maximum atomic E-state index is 5.47. The Morgan fingerprint density at radius 3 is 2.24 bits per heavy atom. The van der Waals surface area contributed by atoms with Crippen LogP contribution in [0.1, 0.15) is 23.9 Å². The molecule has 1 atom stereocenters. The smallest absolute Gasteiger partial charge is 0.161 e. The molecule has 2 aliphatic rings. The van der Waals surface area contributed by atoms with Crippen molar-refractivity contribution in [3.05, 3.63) is 156 Å². The fourth-order valence-electron chi connectivity index (χ4n) is 8.77. The minimum atomic E-state index is 0.218. The Kier molecular flexibility index (Phi) is 5.43. The second kappa shape index (κ2) is 10.1. The van der Waals surface area contributed by atoms with Gasteiger partial charge in [0.2, 0.25) is 0 Å². The third-order valence-electron chi connectivity index (χ3n) is 11.0. The van der Waals surface area contributed by atoms with Crippen molar-refractivity contribution in [2.45, 2.75) is 12.5 Å². The zero-order valence-corrected chi connectivity index (χ0v) is 28.1. The maximum Gasteiger partial charge on any atom is 0.161 e. The van der Waals surface area contributed by atoms with Crippen molar-refractivity contribution < 1.29 is 0 Å². The molecule has 0 N–H and O–H groups in total. The number of hydrogen-bond acceptors (Lipinski definition) is 4. The lowest BCUT2D eigenvalue weighted by atomic mass is 9.90. The van der Waals surface area contributed by atoms with Crippen LogP contribution >= 0.6 is 11.3 Å². The van der Waals surface area contributed by atoms with Crippen LogP contribution in [0.4, 0.5) is 0 Å². The van der Waals surface area contributed by atoms with Crippen LogP contribution < -0.4 is 0 Å². The number of aromatic nitrogens is 5. The minimum Gasteiger partial charge on any atom is -0.332 e. The van der Waals surface area contributed by atoms with Gasteiger partial charge in [0.15, 0.2) is 5.82 Å². The van der Waals surface area contributed by atoms with Gasteiger partial charge in [-0.3, -0.25) is 4.57 Å². The van der Waals surface area contributed by atoms with Gasteiger partial charge >= 0.3 is 0 Å². The highest BCUT2D eigenvalue weighted by atomic mass is 32.1. The molecule has 0 radical (unpaired) electrons. The van der Waals surface area contributed by atoms with Crippen molar-refractivity contribution in [1.29, 1.82) is 0 Å². The lowest BCUT2D eigenvalue weighted by Gasteiger charge is -2.21. The summed E-state index contributed by atoms with van der Waals surface area (Å²) in [6, 6.07) is 45.8. The van der Waals surface area contributed by atoms with E-state index in [1.54, 1.807) is 11.3 Å². The van der Waals surface area contributed by atoms with E-state index >= 15 is 0 Å². The van der Waals surface area contributed by atoms with Gasteiger partial charge in [-0.05, 0) is 71.7 Å². The Hall–Kier alpha value is -6.37. The highest BCUT2D eigenvalue weighted by Crippen LogP contribution is 2.53. The van der Waals surface area contributed by atoms with Crippen LogP contribution in [0.3, 0.4) is 0 Å². The molecule has 1 unspecified atom stereocenters. The van der Waals surface area contributed by atoms with Gasteiger partial charge in [0.05, 0.1) is 43.8 Å². The Labute approximate surface area is 296 Å². The van der Waals surface area contributed by atoms with Gasteiger partial charge in [-0.15, -0.1) is 11.3 Å². The normalized spacial score (nSPS) is 15.4. The third-order valence-corrected chi connectivity index (χ3v) is 11.8. The first kappa shape index (κ1) is 27.5. The molecule has 6 heteroatoms. The molecular weight excluding hydrogens is 643 g/mol. The van der Waals surface area contributed by atoms with E-state index in [1.807, 2.05) is 5.51 Å². The molecule has 12 rings (SSSR count). The van der Waals surface area contributed by atoms with E-state index in [2.05, 4.69) is 149 Å². The summed E-state index contributed by atoms with van der Waals surface area (Å²) in [5, 5.41) is 6.01. The average Bonchev–Trinajstić information content (AvgIpc) is 3.96. The quantitative estimate of drug-likeness (QED) is 0.188. The van der Waals surface area contributed by atoms with Crippen LogP contribution in [0.2, 0.25) is 0 Å². The molecule has 238 valence electrons. The van der Waals surface area contributed by atoms with Gasteiger partial charge in [0, 0.05) is 43.6 Å². The van der Waals surface area contributed by atoms with Crippen molar-refractivity contribution in [3.8, 4) is 16.9 Å². The van der Waals surface area contributed by atoms with Crippen LogP contribution in [-0.4, -0.2) is 24.1 Å². The van der Waals surface area contributed by atoms with Gasteiger partial charge in [-0.2, -0.15) is 0 Å². The molecule has 1 aliphatic heterocycles. The number of benzene rings is 6. The molecule has 0 bridgehead atoms. The number of para-hydroxylation sites is 3. The van der Waals surface area contributed by atoms with Crippen LogP contribution in [0.25, 0.3) is 92.8 Å². The molecule has 6 aromatic carbocycles. The fraction of sp³-hybridized carbons (Fsp3) is 0.0444. The third kappa shape index (κ3) is 3.72. The Balaban J connectivity index is 1.08. The maximum absolute atomic E-state index is 5.47. The lowest BCUT2D eigenvalue weighted by Crippen LogP contribution is -2.09. The number of fused-ring (bicyclic) bond motifs is 12. The Bertz CT molecular complexity index is 3180. The van der Waals surface area contributed by atoms with E-state index in [-0.39, 0.29) is 6.04 Å². The average molecular weight is 670 g/mol. The standard InChI is InChI=1S/C45H27N5S/c1-2-10-26(11-3-1)27-18-20-39-32(22-27)29-12-5-9-17-38(29)50(39)45-31-14-4-7-15-35(31)47-44(48-45)28-19-21-40-34(23-28)41-42-33(24-36-43(41)51-25-46-36)30-13-6-8-16-37(30)49(40)42/h1-20,22-25,40H,21H2. The van der Waals surface area contributed by atoms with Crippen LogP contribution in [0, 0.1) is 0 Å². The molecule has 4 aromatic heterocycles. The second-order valence-corrected chi connectivity index (χ2v) is 14.4. The Morgan fingerprint density at radius 2 is 1.35 bits per heavy atom. The zero-order chi connectivity index (χ0) is 33.2. The highest BCUT2D eigenvalue weighted by molar-refractivity contribution is 7.17. The Morgan fingerprint density at radius 1 is 0.608 bits per heavy atom. The summed E-state index contributed by atoms with van der Waals surface area (Å²) in [5.41, 5.74) is 14.9. The molecule has 0 spiro atoms. The van der Waals surface area contributed by atoms with Gasteiger partial charge in [0.25, 0.3) is 0 Å². The SMILES string of the molecule is C1=C(c2nc(-n3c4ccccc4c4cc(-c5ccccc5)ccc43)c3ccccc3n2)C=C2c3c4scnc4cc4c5ccccc5n(c34)C2C1. The van der Waals surface area contributed by atoms with Crippen LogP contribution in [0.5, 0.6) is 0 Å². The number of allylic oxidation sites excluding steroid dienone is 4. The van der Waals surface area contributed by atoms with E-state index < -0.39 is 0 Å². The molecular formula is C45H27N5S. The molecule has 0 amide bonds. The van der Waals surface area contributed by atoms with Gasteiger partial charge in [-0.1, -0.05) is 91.0 Å². The number of hydrogen-bond donors (Lipinski definition) is 0. The van der Waals surface area contributed by atoms with Crippen molar-refractivity contribution in [1.82, 2.24) is 24.1 Å². The second-order valence-electron chi connectivity index (χ2n) is 13.6. The molecule has 0 fully saturated rings. The predicted molar refractivity (Wildman–Crippen MR) is 212 cm³/mol. The van der Waals surface area contributed by atoms with Crippen molar-refractivity contribution in [2.24, 2.45) is 0 Å². The topological polar surface area (TPSA) is 48.5 Å². The number of thiazole rings is 1. The monoisotopic (exact) mass is 669 g/mol. The zero-order valence-electron chi connectivity index (χ0n) is 27.3. The highest BCUT2D eigenvalue weighted by Gasteiger charge is 2.35. The predicted octanol–water partition coefficient (Wildman–Crippen LogP) is 11.5. The first-order valence-corrected chi connectivity index (χ1v) is 18.3. The molecule has 0 saturated heterocycles. The number of nitrogens with zero attached hydrogens (tertiary/aromatic N) is 5. The summed E-state index contributed by atoms with van der Waals surface area (Å²) in [5.74, 6) is 1.64. The summed E-state index contributed by atoms with van der Waals surface area (Å²) >= 11 is 1.73. The van der Waals surface area contributed by atoms with Crippen molar-refractivity contribution in [2.75, 3.05) is 0 Å². The molecule has 5 heterocycles. The number of rotatable bonds is 3. The van der Waals surface area contributed by atoms with Crippen molar-refractivity contribution >= 4 is 87.2 Å². The van der Waals surface area contributed by atoms with E-state index in [0.717, 1.165) is 51.1 Å². The molecule has 51 heavy (non-hydrogen) atoms. The van der Waals surface area contributed by atoms with Gasteiger partial charge in [0.1, 0.15) is 5.82 Å². The van der Waals surface area contributed by atoms with Gasteiger partial charge in [-0.25, -0.2) is 15.0 Å². The van der Waals surface area contributed by atoms with Crippen LogP contribution in [0.15, 0.2) is 145 Å². The van der Waals surface area contributed by atoms with E-state index in [9.17, 15) is 0 Å². The molecule has 10 aromatic rings. The molecule has 5 nitrogen and oxygen atoms in total. The van der Waals surface area contributed by atoms with Crippen LogP contribution in [-0.2, 0) is 0 Å². The van der Waals surface area contributed by atoms with E-state index in [0.29, 0.717) is 0 Å². The first-order chi connectivity index (χ1) is 25.3. The summed E-state index contributed by atoms with van der Waals surface area (Å²) in [6.45, 7) is 0. The largest absolute Gasteiger partial charge is 0.332 e. The van der Waals surface area contributed by atoms with E-state index in [1.165, 1.54) is 59.5 Å². The fourth-order valence-corrected chi connectivity index (χ4v) is 9.61.